The fraction of sp³-hybridized carbons (Fsp3) is 0. The van der Waals surface area contributed by atoms with Gasteiger partial charge in [0.05, 0.1) is 5.52 Å². The maximum atomic E-state index is 4.97. The van der Waals surface area contributed by atoms with Crippen molar-refractivity contribution in [2.24, 2.45) is 0 Å². The Morgan fingerprint density at radius 2 is 0.875 bits per heavy atom. The summed E-state index contributed by atoms with van der Waals surface area (Å²) in [5.74, 6) is 1.80. The summed E-state index contributed by atoms with van der Waals surface area (Å²) >= 11 is 0. The molecule has 0 N–H and O–H groups in total. The Labute approximate surface area is 230 Å². The highest BCUT2D eigenvalue weighted by Gasteiger charge is 2.15. The SMILES string of the molecule is c1ccc(-c2nc(-c3ccc4c5ccccc5c5ccccc5c4c3)nc(-c3ccc4ccccc4n3)n2)cc1. The van der Waals surface area contributed by atoms with Gasteiger partial charge in [-0.25, -0.2) is 19.9 Å². The molecule has 0 fully saturated rings. The van der Waals surface area contributed by atoms with E-state index in [0.29, 0.717) is 17.5 Å². The summed E-state index contributed by atoms with van der Waals surface area (Å²) in [6.07, 6.45) is 0. The highest BCUT2D eigenvalue weighted by molar-refractivity contribution is 6.25. The van der Waals surface area contributed by atoms with Crippen LogP contribution in [0.1, 0.15) is 0 Å². The Kier molecular flexibility index (Phi) is 5.10. The number of hydrogen-bond donors (Lipinski definition) is 0. The number of pyridine rings is 1. The molecule has 2 heterocycles. The normalized spacial score (nSPS) is 11.5. The number of hydrogen-bond acceptors (Lipinski definition) is 4. The summed E-state index contributed by atoms with van der Waals surface area (Å²) in [4.78, 5) is 19.7. The first-order valence-corrected chi connectivity index (χ1v) is 13.3. The molecular formula is C36H22N4. The molecule has 0 saturated heterocycles. The molecule has 0 radical (unpaired) electrons. The molecule has 2 aromatic heterocycles. The molecule has 0 atom stereocenters. The second-order valence-corrected chi connectivity index (χ2v) is 9.91. The van der Waals surface area contributed by atoms with E-state index in [1.54, 1.807) is 0 Å². The Hall–Kier alpha value is -5.48. The van der Waals surface area contributed by atoms with E-state index in [1.807, 2.05) is 54.6 Å². The summed E-state index contributed by atoms with van der Waals surface area (Å²) in [6.45, 7) is 0. The molecule has 40 heavy (non-hydrogen) atoms. The number of rotatable bonds is 3. The monoisotopic (exact) mass is 510 g/mol. The van der Waals surface area contributed by atoms with Crippen molar-refractivity contribution in [3.8, 4) is 34.3 Å². The molecule has 0 unspecified atom stereocenters. The molecule has 0 bridgehead atoms. The summed E-state index contributed by atoms with van der Waals surface area (Å²) in [7, 11) is 0. The average molecular weight is 511 g/mol. The fourth-order valence-corrected chi connectivity index (χ4v) is 5.57. The number of aromatic nitrogens is 4. The zero-order valence-electron chi connectivity index (χ0n) is 21.5. The first-order valence-electron chi connectivity index (χ1n) is 13.3. The maximum Gasteiger partial charge on any atom is 0.182 e. The highest BCUT2D eigenvalue weighted by atomic mass is 15.0. The molecule has 8 rings (SSSR count). The molecule has 0 amide bonds. The van der Waals surface area contributed by atoms with Crippen LogP contribution in [0.2, 0.25) is 0 Å². The van der Waals surface area contributed by atoms with Gasteiger partial charge in [-0.05, 0) is 50.5 Å². The van der Waals surface area contributed by atoms with Crippen LogP contribution in [0, 0.1) is 0 Å². The zero-order valence-corrected chi connectivity index (χ0v) is 21.5. The van der Waals surface area contributed by atoms with Gasteiger partial charge in [0.15, 0.2) is 17.5 Å². The van der Waals surface area contributed by atoms with Crippen molar-refractivity contribution in [2.45, 2.75) is 0 Å². The zero-order chi connectivity index (χ0) is 26.5. The van der Waals surface area contributed by atoms with Crippen molar-refractivity contribution < 1.29 is 0 Å². The number of para-hydroxylation sites is 1. The third kappa shape index (κ3) is 3.69. The van der Waals surface area contributed by atoms with Crippen molar-refractivity contribution in [1.29, 1.82) is 0 Å². The van der Waals surface area contributed by atoms with Gasteiger partial charge in [-0.15, -0.1) is 0 Å². The van der Waals surface area contributed by atoms with E-state index < -0.39 is 0 Å². The van der Waals surface area contributed by atoms with Gasteiger partial charge in [0.2, 0.25) is 0 Å². The van der Waals surface area contributed by atoms with Crippen molar-refractivity contribution in [3.05, 3.63) is 133 Å². The predicted octanol–water partition coefficient (Wildman–Crippen LogP) is 8.88. The molecule has 4 heteroatoms. The largest absolute Gasteiger partial charge is 0.244 e. The summed E-state index contributed by atoms with van der Waals surface area (Å²) < 4.78 is 0. The van der Waals surface area contributed by atoms with Crippen molar-refractivity contribution in [2.75, 3.05) is 0 Å². The van der Waals surface area contributed by atoms with Gasteiger partial charge < -0.3 is 0 Å². The maximum absolute atomic E-state index is 4.97. The second kappa shape index (κ2) is 9.07. The van der Waals surface area contributed by atoms with Gasteiger partial charge in [0.1, 0.15) is 5.69 Å². The van der Waals surface area contributed by atoms with Crippen molar-refractivity contribution in [3.63, 3.8) is 0 Å². The van der Waals surface area contributed by atoms with Crippen LogP contribution in [0.3, 0.4) is 0 Å². The highest BCUT2D eigenvalue weighted by Crippen LogP contribution is 2.37. The minimum atomic E-state index is 0.554. The number of fused-ring (bicyclic) bond motifs is 7. The van der Waals surface area contributed by atoms with Crippen LogP contribution >= 0.6 is 0 Å². The van der Waals surface area contributed by atoms with Gasteiger partial charge in [-0.2, -0.15) is 0 Å². The average Bonchev–Trinajstić information content (AvgIpc) is 3.04. The lowest BCUT2D eigenvalue weighted by atomic mass is 9.93. The summed E-state index contributed by atoms with van der Waals surface area (Å²) in [5, 5.41) is 8.43. The molecule has 0 spiro atoms. The van der Waals surface area contributed by atoms with Crippen LogP contribution in [-0.4, -0.2) is 19.9 Å². The Balaban J connectivity index is 1.38. The first-order chi connectivity index (χ1) is 19.8. The molecule has 0 saturated carbocycles. The molecule has 186 valence electrons. The van der Waals surface area contributed by atoms with Crippen molar-refractivity contribution >= 4 is 43.2 Å². The third-order valence-electron chi connectivity index (χ3n) is 7.50. The first kappa shape index (κ1) is 22.5. The van der Waals surface area contributed by atoms with Crippen LogP contribution < -0.4 is 0 Å². The van der Waals surface area contributed by atoms with E-state index in [9.17, 15) is 0 Å². The van der Waals surface area contributed by atoms with Gasteiger partial charge >= 0.3 is 0 Å². The smallest absolute Gasteiger partial charge is 0.182 e. The number of nitrogens with zero attached hydrogens (tertiary/aromatic N) is 4. The molecule has 0 aliphatic rings. The lowest BCUT2D eigenvalue weighted by Crippen LogP contribution is -2.01. The Morgan fingerprint density at radius 1 is 0.325 bits per heavy atom. The van der Waals surface area contributed by atoms with Gasteiger partial charge in [-0.1, -0.05) is 115 Å². The van der Waals surface area contributed by atoms with Crippen LogP contribution in [0.25, 0.3) is 77.5 Å². The molecule has 8 aromatic rings. The van der Waals surface area contributed by atoms with E-state index in [0.717, 1.165) is 27.7 Å². The lowest BCUT2D eigenvalue weighted by Gasteiger charge is -2.12. The number of benzene rings is 6. The standard InChI is InChI=1S/C36H22N4/c1-2-11-24(12-3-1)34-38-35(40-36(39-34)33-21-19-23-10-4-9-17-32(23)37-33)25-18-20-30-28-15-6-5-13-26(28)27-14-7-8-16-29(27)31(30)22-25/h1-22H. The summed E-state index contributed by atoms with van der Waals surface area (Å²) in [6, 6.07) is 45.9. The fourth-order valence-electron chi connectivity index (χ4n) is 5.57. The molecule has 6 aromatic carbocycles. The van der Waals surface area contributed by atoms with E-state index in [1.165, 1.54) is 32.3 Å². The second-order valence-electron chi connectivity index (χ2n) is 9.91. The Bertz CT molecular complexity index is 2190. The van der Waals surface area contributed by atoms with E-state index in [4.69, 9.17) is 19.9 Å². The quantitative estimate of drug-likeness (QED) is 0.223. The van der Waals surface area contributed by atoms with E-state index >= 15 is 0 Å². The Morgan fingerprint density at radius 3 is 1.60 bits per heavy atom. The van der Waals surface area contributed by atoms with E-state index in [-0.39, 0.29) is 0 Å². The predicted molar refractivity (Wildman–Crippen MR) is 164 cm³/mol. The third-order valence-corrected chi connectivity index (χ3v) is 7.50. The molecule has 0 aliphatic heterocycles. The van der Waals surface area contributed by atoms with Crippen LogP contribution in [0.5, 0.6) is 0 Å². The summed E-state index contributed by atoms with van der Waals surface area (Å²) in [5.41, 5.74) is 3.50. The molecule has 0 aliphatic carbocycles. The minimum Gasteiger partial charge on any atom is -0.244 e. The molecule has 4 nitrogen and oxygen atoms in total. The van der Waals surface area contributed by atoms with Gasteiger partial charge in [0, 0.05) is 16.5 Å². The molecular weight excluding hydrogens is 488 g/mol. The topological polar surface area (TPSA) is 51.6 Å². The van der Waals surface area contributed by atoms with Gasteiger partial charge in [0.25, 0.3) is 0 Å². The minimum absolute atomic E-state index is 0.554. The van der Waals surface area contributed by atoms with Gasteiger partial charge in [-0.3, -0.25) is 0 Å². The van der Waals surface area contributed by atoms with Crippen LogP contribution in [0.15, 0.2) is 133 Å². The van der Waals surface area contributed by atoms with Crippen molar-refractivity contribution in [1.82, 2.24) is 19.9 Å². The lowest BCUT2D eigenvalue weighted by molar-refractivity contribution is 1.06. The van der Waals surface area contributed by atoms with E-state index in [2.05, 4.69) is 78.9 Å². The van der Waals surface area contributed by atoms with Crippen LogP contribution in [-0.2, 0) is 0 Å². The van der Waals surface area contributed by atoms with Crippen LogP contribution in [0.4, 0.5) is 0 Å².